The molecule has 0 bridgehead atoms. The van der Waals surface area contributed by atoms with Crippen molar-refractivity contribution in [3.05, 3.63) is 12.2 Å². The highest BCUT2D eigenvalue weighted by atomic mass is 16.6. The summed E-state index contributed by atoms with van der Waals surface area (Å²) in [5, 5.41) is 0. The van der Waals surface area contributed by atoms with Crippen molar-refractivity contribution in [1.82, 2.24) is 0 Å². The molecule has 0 unspecified atom stereocenters. The second-order valence-electron chi connectivity index (χ2n) is 6.63. The summed E-state index contributed by atoms with van der Waals surface area (Å²) in [5.41, 5.74) is 0.210. The smallest absolute Gasteiger partial charge is 0.334 e. The number of hydrogen-bond acceptors (Lipinski definition) is 2. The molecule has 1 saturated carbocycles. The molecule has 0 spiro atoms. The van der Waals surface area contributed by atoms with Gasteiger partial charge in [0.15, 0.2) is 0 Å². The van der Waals surface area contributed by atoms with E-state index in [9.17, 15) is 4.79 Å². The van der Waals surface area contributed by atoms with E-state index in [4.69, 9.17) is 4.74 Å². The second kappa shape index (κ2) is 5.90. The third-order valence-corrected chi connectivity index (χ3v) is 4.31. The predicted octanol–water partition coefficient (Wildman–Crippen LogP) is 4.35. The number of carbonyl (C=O) groups is 1. The standard InChI is InChI=1S/C16H28O2/c1-11(2)13(4)15(17)18-16(5,6)14-9-7-12(3)8-10-14/h11-12,14H,4,7-10H2,1-3,5-6H3. The van der Waals surface area contributed by atoms with Gasteiger partial charge >= 0.3 is 5.97 Å². The summed E-state index contributed by atoms with van der Waals surface area (Å²) in [6.45, 7) is 14.1. The van der Waals surface area contributed by atoms with Crippen LogP contribution in [0, 0.1) is 17.8 Å². The van der Waals surface area contributed by atoms with Gasteiger partial charge in [0.05, 0.1) is 0 Å². The van der Waals surface area contributed by atoms with Gasteiger partial charge in [-0.05, 0) is 44.4 Å². The fraction of sp³-hybridized carbons (Fsp3) is 0.812. The Morgan fingerprint density at radius 3 is 2.17 bits per heavy atom. The normalized spacial score (nSPS) is 25.0. The fourth-order valence-corrected chi connectivity index (χ4v) is 2.58. The molecular weight excluding hydrogens is 224 g/mol. The van der Waals surface area contributed by atoms with Crippen LogP contribution in [0.25, 0.3) is 0 Å². The van der Waals surface area contributed by atoms with E-state index in [0.29, 0.717) is 11.5 Å². The van der Waals surface area contributed by atoms with Crippen molar-refractivity contribution in [2.24, 2.45) is 17.8 Å². The first-order valence-electron chi connectivity index (χ1n) is 7.16. The molecule has 0 aliphatic heterocycles. The number of hydrogen-bond donors (Lipinski definition) is 0. The van der Waals surface area contributed by atoms with Crippen LogP contribution in [0.3, 0.4) is 0 Å². The Labute approximate surface area is 112 Å². The summed E-state index contributed by atoms with van der Waals surface area (Å²) in [7, 11) is 0. The second-order valence-corrected chi connectivity index (χ2v) is 6.63. The van der Waals surface area contributed by atoms with Gasteiger partial charge < -0.3 is 4.74 Å². The number of carbonyl (C=O) groups excluding carboxylic acids is 1. The Balaban J connectivity index is 2.58. The maximum Gasteiger partial charge on any atom is 0.334 e. The topological polar surface area (TPSA) is 26.3 Å². The average Bonchev–Trinajstić information content (AvgIpc) is 2.27. The van der Waals surface area contributed by atoms with Crippen LogP contribution in [0.5, 0.6) is 0 Å². The fourth-order valence-electron chi connectivity index (χ4n) is 2.58. The third kappa shape index (κ3) is 3.86. The van der Waals surface area contributed by atoms with Crippen molar-refractivity contribution in [3.8, 4) is 0 Å². The van der Waals surface area contributed by atoms with Crippen LogP contribution < -0.4 is 0 Å². The molecule has 18 heavy (non-hydrogen) atoms. The number of rotatable bonds is 4. The lowest BCUT2D eigenvalue weighted by atomic mass is 9.75. The van der Waals surface area contributed by atoms with E-state index in [1.165, 1.54) is 12.8 Å². The molecule has 0 aromatic carbocycles. The molecule has 1 aliphatic rings. The first-order chi connectivity index (χ1) is 8.24. The SMILES string of the molecule is C=C(C(=O)OC(C)(C)C1CCC(C)CC1)C(C)C. The Bertz CT molecular complexity index is 307. The van der Waals surface area contributed by atoms with Crippen LogP contribution in [-0.4, -0.2) is 11.6 Å². The minimum Gasteiger partial charge on any atom is -0.456 e. The van der Waals surface area contributed by atoms with Gasteiger partial charge in [0, 0.05) is 5.57 Å². The monoisotopic (exact) mass is 252 g/mol. The maximum atomic E-state index is 12.0. The van der Waals surface area contributed by atoms with Gasteiger partial charge in [0.25, 0.3) is 0 Å². The molecule has 104 valence electrons. The van der Waals surface area contributed by atoms with Crippen LogP contribution in [0.15, 0.2) is 12.2 Å². The van der Waals surface area contributed by atoms with E-state index in [1.54, 1.807) is 0 Å². The van der Waals surface area contributed by atoms with E-state index < -0.39 is 0 Å². The largest absolute Gasteiger partial charge is 0.456 e. The lowest BCUT2D eigenvalue weighted by Crippen LogP contribution is -2.39. The predicted molar refractivity (Wildman–Crippen MR) is 75.3 cm³/mol. The quantitative estimate of drug-likeness (QED) is 0.549. The van der Waals surface area contributed by atoms with Gasteiger partial charge in [0.2, 0.25) is 0 Å². The summed E-state index contributed by atoms with van der Waals surface area (Å²) in [5.74, 6) is 1.23. The van der Waals surface area contributed by atoms with E-state index in [1.807, 2.05) is 27.7 Å². The van der Waals surface area contributed by atoms with Crippen LogP contribution >= 0.6 is 0 Å². The van der Waals surface area contributed by atoms with Gasteiger partial charge in [-0.1, -0.05) is 40.2 Å². The molecule has 0 amide bonds. The van der Waals surface area contributed by atoms with Gasteiger partial charge in [-0.15, -0.1) is 0 Å². The van der Waals surface area contributed by atoms with Crippen molar-refractivity contribution in [1.29, 1.82) is 0 Å². The molecule has 1 fully saturated rings. The average molecular weight is 252 g/mol. The van der Waals surface area contributed by atoms with E-state index >= 15 is 0 Å². The molecule has 0 saturated heterocycles. The minimum atomic E-state index is -0.366. The first kappa shape index (κ1) is 15.3. The van der Waals surface area contributed by atoms with Gasteiger partial charge in [-0.2, -0.15) is 0 Å². The Morgan fingerprint density at radius 1 is 1.22 bits per heavy atom. The van der Waals surface area contributed by atoms with Crippen molar-refractivity contribution >= 4 is 5.97 Å². The van der Waals surface area contributed by atoms with Crippen LogP contribution in [0.1, 0.15) is 60.3 Å². The van der Waals surface area contributed by atoms with Gasteiger partial charge in [0.1, 0.15) is 5.60 Å². The molecule has 0 radical (unpaired) electrons. The number of esters is 1. The molecule has 0 aromatic heterocycles. The zero-order valence-electron chi connectivity index (χ0n) is 12.6. The van der Waals surface area contributed by atoms with Crippen LogP contribution in [-0.2, 0) is 9.53 Å². The minimum absolute atomic E-state index is 0.152. The lowest BCUT2D eigenvalue weighted by Gasteiger charge is -2.38. The van der Waals surface area contributed by atoms with Crippen LogP contribution in [0.4, 0.5) is 0 Å². The van der Waals surface area contributed by atoms with Crippen LogP contribution in [0.2, 0.25) is 0 Å². The third-order valence-electron chi connectivity index (χ3n) is 4.31. The molecule has 0 heterocycles. The van der Waals surface area contributed by atoms with Crippen molar-refractivity contribution in [2.75, 3.05) is 0 Å². The molecular formula is C16H28O2. The Morgan fingerprint density at radius 2 is 1.72 bits per heavy atom. The van der Waals surface area contributed by atoms with Crippen molar-refractivity contribution < 1.29 is 9.53 Å². The molecule has 1 rings (SSSR count). The van der Waals surface area contributed by atoms with Crippen molar-refractivity contribution in [2.45, 2.75) is 65.9 Å². The molecule has 0 aromatic rings. The van der Waals surface area contributed by atoms with Gasteiger partial charge in [-0.3, -0.25) is 0 Å². The zero-order chi connectivity index (χ0) is 13.9. The summed E-state index contributed by atoms with van der Waals surface area (Å²) in [4.78, 5) is 12.0. The molecule has 2 heteroatoms. The van der Waals surface area contributed by atoms with E-state index in [-0.39, 0.29) is 17.5 Å². The first-order valence-corrected chi connectivity index (χ1v) is 7.16. The molecule has 2 nitrogen and oxygen atoms in total. The zero-order valence-corrected chi connectivity index (χ0v) is 12.6. The van der Waals surface area contributed by atoms with Gasteiger partial charge in [-0.25, -0.2) is 4.79 Å². The summed E-state index contributed by atoms with van der Waals surface area (Å²) >= 11 is 0. The Hall–Kier alpha value is -0.790. The highest BCUT2D eigenvalue weighted by molar-refractivity contribution is 5.88. The molecule has 0 atom stereocenters. The van der Waals surface area contributed by atoms with Crippen molar-refractivity contribution in [3.63, 3.8) is 0 Å². The molecule has 0 N–H and O–H groups in total. The number of ether oxygens (including phenoxy) is 1. The van der Waals surface area contributed by atoms with E-state index in [2.05, 4.69) is 13.5 Å². The summed E-state index contributed by atoms with van der Waals surface area (Å²) in [6.07, 6.45) is 4.82. The summed E-state index contributed by atoms with van der Waals surface area (Å²) < 4.78 is 5.70. The highest BCUT2D eigenvalue weighted by Gasteiger charge is 2.36. The summed E-state index contributed by atoms with van der Waals surface area (Å²) in [6, 6.07) is 0. The Kier molecular flexibility index (Phi) is 5.01. The lowest BCUT2D eigenvalue weighted by molar-refractivity contribution is -0.158. The maximum absolute atomic E-state index is 12.0. The highest BCUT2D eigenvalue weighted by Crippen LogP contribution is 2.37. The van der Waals surface area contributed by atoms with E-state index in [0.717, 1.165) is 18.8 Å². The molecule has 1 aliphatic carbocycles.